The van der Waals surface area contributed by atoms with Crippen molar-refractivity contribution >= 4 is 44.4 Å². The lowest BCUT2D eigenvalue weighted by molar-refractivity contribution is -0.118. The Morgan fingerprint density at radius 1 is 1.20 bits per heavy atom. The molecule has 3 aromatic rings. The highest BCUT2D eigenvalue weighted by molar-refractivity contribution is 7.99. The van der Waals surface area contributed by atoms with Gasteiger partial charge in [-0.25, -0.2) is 4.98 Å². The number of nitrogens with zero attached hydrogens (tertiary/aromatic N) is 2. The van der Waals surface area contributed by atoms with Gasteiger partial charge in [0.05, 0.1) is 17.3 Å². The van der Waals surface area contributed by atoms with Crippen LogP contribution in [0.2, 0.25) is 0 Å². The summed E-state index contributed by atoms with van der Waals surface area (Å²) in [5.41, 5.74) is 0.946. The van der Waals surface area contributed by atoms with Gasteiger partial charge in [-0.15, -0.1) is 11.8 Å². The van der Waals surface area contributed by atoms with E-state index in [0.717, 1.165) is 31.7 Å². The Bertz CT molecular complexity index is 813. The summed E-state index contributed by atoms with van der Waals surface area (Å²) in [5, 5.41) is 0.781. The number of amides is 1. The number of thioether (sulfide) groups is 1. The highest BCUT2D eigenvalue weighted by Gasteiger charge is 2.17. The van der Waals surface area contributed by atoms with Crippen molar-refractivity contribution in [3.05, 3.63) is 48.5 Å². The van der Waals surface area contributed by atoms with Crippen LogP contribution in [0.1, 0.15) is 13.3 Å². The SMILES string of the molecule is CCN(C(=O)CCSc1ccc(OC)cc1)c1nc2ccccc2s1. The number of aromatic nitrogens is 1. The zero-order chi connectivity index (χ0) is 17.6. The molecule has 0 N–H and O–H groups in total. The van der Waals surface area contributed by atoms with E-state index in [0.29, 0.717) is 13.0 Å². The molecule has 0 saturated carbocycles. The average molecular weight is 373 g/mol. The van der Waals surface area contributed by atoms with Gasteiger partial charge in [-0.2, -0.15) is 0 Å². The Hall–Kier alpha value is -2.05. The first kappa shape index (κ1) is 17.8. The van der Waals surface area contributed by atoms with Crippen LogP contribution in [0, 0.1) is 0 Å². The number of hydrogen-bond acceptors (Lipinski definition) is 5. The molecule has 2 aromatic carbocycles. The molecule has 6 heteroatoms. The van der Waals surface area contributed by atoms with Crippen molar-refractivity contribution in [1.82, 2.24) is 4.98 Å². The molecular formula is C19H20N2O2S2. The van der Waals surface area contributed by atoms with E-state index in [1.165, 1.54) is 0 Å². The molecular weight excluding hydrogens is 352 g/mol. The van der Waals surface area contributed by atoms with Crippen molar-refractivity contribution in [3.63, 3.8) is 0 Å². The van der Waals surface area contributed by atoms with Gasteiger partial charge in [0.1, 0.15) is 5.75 Å². The molecule has 0 aliphatic heterocycles. The summed E-state index contributed by atoms with van der Waals surface area (Å²) in [6.45, 7) is 2.62. The molecule has 0 unspecified atom stereocenters. The van der Waals surface area contributed by atoms with E-state index in [1.54, 1.807) is 35.1 Å². The van der Waals surface area contributed by atoms with Crippen molar-refractivity contribution in [2.45, 2.75) is 18.2 Å². The molecule has 1 aromatic heterocycles. The molecule has 3 rings (SSSR count). The molecule has 4 nitrogen and oxygen atoms in total. The molecule has 25 heavy (non-hydrogen) atoms. The standard InChI is InChI=1S/C19H20N2O2S2/c1-3-21(19-20-16-6-4-5-7-17(16)25-19)18(22)12-13-24-15-10-8-14(23-2)9-11-15/h4-11H,3,12-13H2,1-2H3. The Kier molecular flexibility index (Phi) is 5.94. The number of benzene rings is 2. The first-order valence-corrected chi connectivity index (χ1v) is 9.94. The molecule has 0 saturated heterocycles. The summed E-state index contributed by atoms with van der Waals surface area (Å²) in [7, 11) is 1.65. The molecule has 0 fully saturated rings. The van der Waals surface area contributed by atoms with E-state index in [1.807, 2.05) is 55.5 Å². The highest BCUT2D eigenvalue weighted by Crippen LogP contribution is 2.29. The Morgan fingerprint density at radius 2 is 1.96 bits per heavy atom. The second-order valence-electron chi connectivity index (χ2n) is 5.38. The summed E-state index contributed by atoms with van der Waals surface area (Å²) in [6.07, 6.45) is 0.487. The zero-order valence-electron chi connectivity index (χ0n) is 14.3. The second-order valence-corrected chi connectivity index (χ2v) is 7.55. The minimum absolute atomic E-state index is 0.113. The van der Waals surface area contributed by atoms with Crippen molar-refractivity contribution < 1.29 is 9.53 Å². The third-order valence-corrected chi connectivity index (χ3v) is 5.85. The minimum atomic E-state index is 0.113. The van der Waals surface area contributed by atoms with Crippen molar-refractivity contribution in [1.29, 1.82) is 0 Å². The molecule has 1 amide bonds. The number of anilines is 1. The third-order valence-electron chi connectivity index (χ3n) is 3.77. The Labute approximate surface area is 155 Å². The number of fused-ring (bicyclic) bond motifs is 1. The van der Waals surface area contributed by atoms with Crippen LogP contribution < -0.4 is 9.64 Å². The van der Waals surface area contributed by atoms with E-state index in [4.69, 9.17) is 4.74 Å². The lowest BCUT2D eigenvalue weighted by atomic mass is 10.3. The smallest absolute Gasteiger partial charge is 0.229 e. The third kappa shape index (κ3) is 4.32. The molecule has 1 heterocycles. The van der Waals surface area contributed by atoms with E-state index < -0.39 is 0 Å². The quantitative estimate of drug-likeness (QED) is 0.557. The lowest BCUT2D eigenvalue weighted by Gasteiger charge is -2.17. The summed E-state index contributed by atoms with van der Waals surface area (Å²) < 4.78 is 6.26. The van der Waals surface area contributed by atoms with Gasteiger partial charge in [-0.05, 0) is 43.3 Å². The summed E-state index contributed by atoms with van der Waals surface area (Å²) in [5.74, 6) is 1.70. The first-order valence-electron chi connectivity index (χ1n) is 8.14. The van der Waals surface area contributed by atoms with Crippen molar-refractivity contribution in [3.8, 4) is 5.75 Å². The Balaban J connectivity index is 1.60. The van der Waals surface area contributed by atoms with E-state index in [-0.39, 0.29) is 5.91 Å². The first-order chi connectivity index (χ1) is 12.2. The van der Waals surface area contributed by atoms with E-state index in [2.05, 4.69) is 4.98 Å². The van der Waals surface area contributed by atoms with Gasteiger partial charge in [-0.1, -0.05) is 23.5 Å². The lowest BCUT2D eigenvalue weighted by Crippen LogP contribution is -2.30. The van der Waals surface area contributed by atoms with Crippen molar-refractivity contribution in [2.75, 3.05) is 24.3 Å². The molecule has 0 aliphatic carbocycles. The summed E-state index contributed by atoms with van der Waals surface area (Å²) in [6, 6.07) is 15.9. The molecule has 0 radical (unpaired) electrons. The van der Waals surface area contributed by atoms with Gasteiger partial charge in [0.2, 0.25) is 5.91 Å². The van der Waals surface area contributed by atoms with E-state index in [9.17, 15) is 4.79 Å². The predicted molar refractivity (Wildman–Crippen MR) is 106 cm³/mol. The fourth-order valence-electron chi connectivity index (χ4n) is 2.46. The topological polar surface area (TPSA) is 42.4 Å². The number of methoxy groups -OCH3 is 1. The van der Waals surface area contributed by atoms with Gasteiger partial charge in [-0.3, -0.25) is 9.69 Å². The summed E-state index contributed by atoms with van der Waals surface area (Å²) in [4.78, 5) is 20.1. The van der Waals surface area contributed by atoms with Crippen LogP contribution >= 0.6 is 23.1 Å². The number of carbonyl (C=O) groups is 1. The van der Waals surface area contributed by atoms with Crippen LogP contribution in [-0.4, -0.2) is 30.3 Å². The zero-order valence-corrected chi connectivity index (χ0v) is 15.9. The maximum atomic E-state index is 12.6. The number of para-hydroxylation sites is 1. The normalized spacial score (nSPS) is 10.8. The van der Waals surface area contributed by atoms with E-state index >= 15 is 0 Å². The van der Waals surface area contributed by atoms with Gasteiger partial charge >= 0.3 is 0 Å². The highest BCUT2D eigenvalue weighted by atomic mass is 32.2. The fraction of sp³-hybridized carbons (Fsp3) is 0.263. The number of rotatable bonds is 7. The van der Waals surface area contributed by atoms with Crippen LogP contribution in [0.3, 0.4) is 0 Å². The number of hydrogen-bond donors (Lipinski definition) is 0. The number of ether oxygens (including phenoxy) is 1. The monoisotopic (exact) mass is 372 g/mol. The van der Waals surface area contributed by atoms with Crippen LogP contribution in [0.5, 0.6) is 5.75 Å². The maximum absolute atomic E-state index is 12.6. The molecule has 0 aliphatic rings. The maximum Gasteiger partial charge on any atom is 0.229 e. The van der Waals surface area contributed by atoms with Gasteiger partial charge in [0.15, 0.2) is 5.13 Å². The van der Waals surface area contributed by atoms with Gasteiger partial charge < -0.3 is 4.74 Å². The fourth-order valence-corrected chi connectivity index (χ4v) is 4.34. The molecule has 0 atom stereocenters. The van der Waals surface area contributed by atoms with Gasteiger partial charge in [0.25, 0.3) is 0 Å². The average Bonchev–Trinajstić information content (AvgIpc) is 3.06. The van der Waals surface area contributed by atoms with Gasteiger partial charge in [0, 0.05) is 23.6 Å². The van der Waals surface area contributed by atoms with Crippen LogP contribution in [0.4, 0.5) is 5.13 Å². The minimum Gasteiger partial charge on any atom is -0.497 e. The number of carbonyl (C=O) groups excluding carboxylic acids is 1. The molecule has 0 spiro atoms. The predicted octanol–water partition coefficient (Wildman–Crippen LogP) is 4.84. The molecule has 0 bridgehead atoms. The second kappa shape index (κ2) is 8.36. The van der Waals surface area contributed by atoms with Crippen molar-refractivity contribution in [2.24, 2.45) is 0 Å². The number of thiazole rings is 1. The largest absolute Gasteiger partial charge is 0.497 e. The van der Waals surface area contributed by atoms with Crippen LogP contribution in [0.25, 0.3) is 10.2 Å². The van der Waals surface area contributed by atoms with Crippen LogP contribution in [-0.2, 0) is 4.79 Å². The summed E-state index contributed by atoms with van der Waals surface area (Å²) >= 11 is 3.24. The Morgan fingerprint density at radius 3 is 2.64 bits per heavy atom. The molecule has 130 valence electrons. The van der Waals surface area contributed by atoms with Crippen LogP contribution in [0.15, 0.2) is 53.4 Å².